The van der Waals surface area contributed by atoms with Gasteiger partial charge in [-0.1, -0.05) is 44.2 Å². The monoisotopic (exact) mass is 278 g/mol. The second-order valence-electron chi connectivity index (χ2n) is 4.13. The molecule has 1 aromatic heterocycles. The van der Waals surface area contributed by atoms with Crippen molar-refractivity contribution < 1.29 is 8.78 Å². The normalized spacial score (nSPS) is 10.4. The molecule has 0 amide bonds. The van der Waals surface area contributed by atoms with Crippen LogP contribution in [0.2, 0.25) is 0 Å². The molecule has 0 spiro atoms. The molecular formula is C16H20F2N2. The number of alkyl halides is 2. The zero-order chi connectivity index (χ0) is 15.0. The molecule has 4 heteroatoms. The molecule has 0 aliphatic rings. The molecule has 1 N–H and O–H groups in total. The average molecular weight is 278 g/mol. The first-order chi connectivity index (χ1) is 9.57. The van der Waals surface area contributed by atoms with Crippen molar-refractivity contribution >= 4 is 5.69 Å². The topological polar surface area (TPSA) is 24.9 Å². The molecule has 0 saturated carbocycles. The molecule has 0 unspecified atom stereocenters. The van der Waals surface area contributed by atoms with Gasteiger partial charge in [0.15, 0.2) is 0 Å². The lowest BCUT2D eigenvalue weighted by molar-refractivity contribution is 0.0136. The molecule has 1 heterocycles. The fourth-order valence-corrected chi connectivity index (χ4v) is 1.69. The zero-order valence-corrected chi connectivity index (χ0v) is 12.0. The number of hydrogen-bond acceptors (Lipinski definition) is 2. The molecule has 2 rings (SSSR count). The van der Waals surface area contributed by atoms with Crippen LogP contribution in [0.25, 0.3) is 0 Å². The van der Waals surface area contributed by atoms with Crippen molar-refractivity contribution in [1.82, 2.24) is 4.98 Å². The maximum absolute atomic E-state index is 13.3. The summed E-state index contributed by atoms with van der Waals surface area (Å²) in [5.41, 5.74) is 1.18. The summed E-state index contributed by atoms with van der Waals surface area (Å²) in [6.45, 7) is 5.35. The van der Waals surface area contributed by atoms with Crippen molar-refractivity contribution in [1.29, 1.82) is 0 Å². The summed E-state index contributed by atoms with van der Waals surface area (Å²) in [5, 5.41) is 2.99. The van der Waals surface area contributed by atoms with E-state index in [-0.39, 0.29) is 5.69 Å². The van der Waals surface area contributed by atoms with E-state index in [2.05, 4.69) is 10.3 Å². The van der Waals surface area contributed by atoms with Crippen molar-refractivity contribution in [2.45, 2.75) is 33.2 Å². The Kier molecular flexibility index (Phi) is 6.10. The lowest BCUT2D eigenvalue weighted by atomic mass is 10.2. The molecule has 0 fully saturated rings. The average Bonchev–Trinajstić information content (AvgIpc) is 2.48. The third-order valence-electron chi connectivity index (χ3n) is 2.55. The molecule has 0 aliphatic carbocycles. The van der Waals surface area contributed by atoms with Crippen molar-refractivity contribution in [3.63, 3.8) is 0 Å². The minimum absolute atomic E-state index is 0.221. The molecule has 1 aromatic carbocycles. The Morgan fingerprint density at radius 2 is 1.70 bits per heavy atom. The smallest absolute Gasteiger partial charge is 0.289 e. The molecule has 0 aliphatic heterocycles. The van der Waals surface area contributed by atoms with E-state index in [4.69, 9.17) is 0 Å². The first kappa shape index (κ1) is 16.1. The highest BCUT2D eigenvalue weighted by molar-refractivity contribution is 5.49. The molecule has 0 saturated heterocycles. The van der Waals surface area contributed by atoms with Crippen molar-refractivity contribution in [2.24, 2.45) is 0 Å². The van der Waals surface area contributed by atoms with Gasteiger partial charge < -0.3 is 5.32 Å². The number of pyridine rings is 1. The van der Waals surface area contributed by atoms with Crippen LogP contribution in [0.5, 0.6) is 0 Å². The Bertz CT molecular complexity index is 507. The van der Waals surface area contributed by atoms with Crippen LogP contribution in [0.4, 0.5) is 14.5 Å². The minimum Gasteiger partial charge on any atom is -0.379 e. The maximum atomic E-state index is 13.3. The Morgan fingerprint density at radius 1 is 1.05 bits per heavy atom. The predicted molar refractivity (Wildman–Crippen MR) is 78.9 cm³/mol. The van der Waals surface area contributed by atoms with Gasteiger partial charge in [0, 0.05) is 19.7 Å². The second-order valence-corrected chi connectivity index (χ2v) is 4.13. The molecule has 108 valence electrons. The van der Waals surface area contributed by atoms with Gasteiger partial charge in [0.2, 0.25) is 0 Å². The summed E-state index contributed by atoms with van der Waals surface area (Å²) in [7, 11) is 0. The summed E-state index contributed by atoms with van der Waals surface area (Å²) in [5.74, 6) is -2.94. The van der Waals surface area contributed by atoms with Crippen molar-refractivity contribution in [3.8, 4) is 0 Å². The summed E-state index contributed by atoms with van der Waals surface area (Å²) >= 11 is 0. The summed E-state index contributed by atoms with van der Waals surface area (Å²) in [6.07, 6.45) is 1.38. The molecule has 2 nitrogen and oxygen atoms in total. The number of benzene rings is 1. The fraction of sp³-hybridized carbons (Fsp3) is 0.312. The van der Waals surface area contributed by atoms with Gasteiger partial charge in [-0.15, -0.1) is 0 Å². The van der Waals surface area contributed by atoms with Crippen LogP contribution in [0, 0.1) is 0 Å². The number of aromatic nitrogens is 1. The van der Waals surface area contributed by atoms with E-state index in [9.17, 15) is 8.78 Å². The van der Waals surface area contributed by atoms with Gasteiger partial charge in [-0.2, -0.15) is 8.78 Å². The highest BCUT2D eigenvalue weighted by atomic mass is 19.3. The van der Waals surface area contributed by atoms with Gasteiger partial charge in [-0.05, 0) is 17.7 Å². The first-order valence-electron chi connectivity index (χ1n) is 6.68. The van der Waals surface area contributed by atoms with Crippen LogP contribution < -0.4 is 5.32 Å². The van der Waals surface area contributed by atoms with E-state index in [1.165, 1.54) is 6.20 Å². The van der Waals surface area contributed by atoms with Gasteiger partial charge >= 0.3 is 0 Å². The van der Waals surface area contributed by atoms with Crippen LogP contribution in [-0.4, -0.2) is 4.98 Å². The molecule has 0 bridgehead atoms. The standard InChI is InChI=1S/C14H14F2N2.C2H6/c1-14(15,16)13-12(8-5-9-17-13)18-10-11-6-3-2-4-7-11;1-2/h2-9,18H,10H2,1H3;1-2H3. The van der Waals surface area contributed by atoms with Gasteiger partial charge in [0.1, 0.15) is 5.69 Å². The number of nitrogens with zero attached hydrogens (tertiary/aromatic N) is 1. The third-order valence-corrected chi connectivity index (χ3v) is 2.55. The Labute approximate surface area is 118 Å². The Hall–Kier alpha value is -1.97. The van der Waals surface area contributed by atoms with E-state index in [0.717, 1.165) is 12.5 Å². The van der Waals surface area contributed by atoms with E-state index in [0.29, 0.717) is 12.2 Å². The fourth-order valence-electron chi connectivity index (χ4n) is 1.69. The second kappa shape index (κ2) is 7.58. The Balaban J connectivity index is 0.000000956. The van der Waals surface area contributed by atoms with Crippen LogP contribution in [0.1, 0.15) is 32.0 Å². The van der Waals surface area contributed by atoms with E-state index < -0.39 is 5.92 Å². The molecule has 0 atom stereocenters. The summed E-state index contributed by atoms with van der Waals surface area (Å²) < 4.78 is 26.7. The number of hydrogen-bond donors (Lipinski definition) is 1. The molecule has 2 aromatic rings. The lowest BCUT2D eigenvalue weighted by Crippen LogP contribution is -2.14. The van der Waals surface area contributed by atoms with Gasteiger partial charge in [0.25, 0.3) is 5.92 Å². The molecule has 0 radical (unpaired) electrons. The minimum atomic E-state index is -2.94. The largest absolute Gasteiger partial charge is 0.379 e. The SMILES string of the molecule is CC.CC(F)(F)c1ncccc1NCc1ccccc1. The lowest BCUT2D eigenvalue weighted by Gasteiger charge is -2.15. The van der Waals surface area contributed by atoms with E-state index in [1.807, 2.05) is 44.2 Å². The number of halogens is 2. The van der Waals surface area contributed by atoms with Gasteiger partial charge in [0.05, 0.1) is 5.69 Å². The number of nitrogens with one attached hydrogen (secondary N) is 1. The highest BCUT2D eigenvalue weighted by Crippen LogP contribution is 2.30. The van der Waals surface area contributed by atoms with Crippen LogP contribution in [-0.2, 0) is 12.5 Å². The Morgan fingerprint density at radius 3 is 2.30 bits per heavy atom. The molecule has 20 heavy (non-hydrogen) atoms. The quantitative estimate of drug-likeness (QED) is 0.866. The zero-order valence-electron chi connectivity index (χ0n) is 12.0. The number of rotatable bonds is 4. The van der Waals surface area contributed by atoms with Crippen LogP contribution in [0.3, 0.4) is 0 Å². The first-order valence-corrected chi connectivity index (χ1v) is 6.68. The van der Waals surface area contributed by atoms with Crippen molar-refractivity contribution in [3.05, 3.63) is 59.9 Å². The molecular weight excluding hydrogens is 258 g/mol. The van der Waals surface area contributed by atoms with Crippen molar-refractivity contribution in [2.75, 3.05) is 5.32 Å². The maximum Gasteiger partial charge on any atom is 0.289 e. The van der Waals surface area contributed by atoms with Gasteiger partial charge in [-0.25, -0.2) is 0 Å². The van der Waals surface area contributed by atoms with Crippen LogP contribution in [0.15, 0.2) is 48.7 Å². The summed E-state index contributed by atoms with van der Waals surface area (Å²) in [6, 6.07) is 12.9. The van der Waals surface area contributed by atoms with E-state index >= 15 is 0 Å². The van der Waals surface area contributed by atoms with E-state index in [1.54, 1.807) is 12.1 Å². The number of anilines is 1. The third kappa shape index (κ3) is 4.61. The summed E-state index contributed by atoms with van der Waals surface area (Å²) in [4.78, 5) is 3.75. The van der Waals surface area contributed by atoms with Crippen LogP contribution >= 0.6 is 0 Å². The van der Waals surface area contributed by atoms with Gasteiger partial charge in [-0.3, -0.25) is 4.98 Å². The predicted octanol–water partition coefficient (Wildman–Crippen LogP) is 4.83. The highest BCUT2D eigenvalue weighted by Gasteiger charge is 2.29.